The van der Waals surface area contributed by atoms with Crippen molar-refractivity contribution in [3.8, 4) is 39.4 Å². The lowest BCUT2D eigenvalue weighted by atomic mass is 9.95. The number of thiophene rings is 1. The first-order chi connectivity index (χ1) is 22.0. The minimum absolute atomic E-state index is 0.0965. The van der Waals surface area contributed by atoms with Crippen molar-refractivity contribution in [2.45, 2.75) is 52.0 Å². The summed E-state index contributed by atoms with van der Waals surface area (Å²) in [6, 6.07) is 22.4. The molecule has 9 heteroatoms. The standard InChI is InChI=1S/C37H36FN3O4S/c1-5-18-45-28-13-10-24(11-14-28)26-12-15-29(30(38)20-26)27-21-39-34(40-22-27)25-8-6-23(7-9-25)19-31(36(43)44)41-35(42)32-16-17-33(46-32)37(2,3)4/h6-17,20-22,31H,5,18-19H2,1-4H3,(H,41,42)(H,43,44)/t31-/m0/s1. The summed E-state index contributed by atoms with van der Waals surface area (Å²) in [6.07, 6.45) is 4.21. The van der Waals surface area contributed by atoms with E-state index in [0.29, 0.717) is 28.4 Å². The topological polar surface area (TPSA) is 101 Å². The van der Waals surface area contributed by atoms with Crippen molar-refractivity contribution in [3.05, 3.63) is 112 Å². The van der Waals surface area contributed by atoms with E-state index in [1.807, 2.05) is 36.4 Å². The number of nitrogens with one attached hydrogen (secondary N) is 1. The lowest BCUT2D eigenvalue weighted by Gasteiger charge is -2.16. The molecule has 46 heavy (non-hydrogen) atoms. The number of carboxylic acid groups (broad SMARTS) is 1. The van der Waals surface area contributed by atoms with Crippen LogP contribution in [0.2, 0.25) is 0 Å². The van der Waals surface area contributed by atoms with Crippen LogP contribution < -0.4 is 10.1 Å². The molecule has 5 aromatic rings. The largest absolute Gasteiger partial charge is 0.494 e. The quantitative estimate of drug-likeness (QED) is 0.151. The number of nitrogens with zero attached hydrogens (tertiary/aromatic N) is 2. The molecule has 0 spiro atoms. The summed E-state index contributed by atoms with van der Waals surface area (Å²) in [7, 11) is 0. The Kier molecular flexibility index (Phi) is 9.92. The summed E-state index contributed by atoms with van der Waals surface area (Å²) in [4.78, 5) is 35.2. The number of hydrogen-bond donors (Lipinski definition) is 2. The smallest absolute Gasteiger partial charge is 0.326 e. The Morgan fingerprint density at radius 3 is 2.13 bits per heavy atom. The molecule has 3 aromatic carbocycles. The van der Waals surface area contributed by atoms with Crippen LogP contribution in [0.1, 0.15) is 54.2 Å². The summed E-state index contributed by atoms with van der Waals surface area (Å²) in [6.45, 7) is 8.89. The minimum Gasteiger partial charge on any atom is -0.494 e. The number of carbonyl (C=O) groups is 2. The first-order valence-electron chi connectivity index (χ1n) is 15.1. The van der Waals surface area contributed by atoms with Crippen molar-refractivity contribution in [2.75, 3.05) is 6.61 Å². The Balaban J connectivity index is 1.23. The summed E-state index contributed by atoms with van der Waals surface area (Å²) in [5, 5.41) is 12.4. The highest BCUT2D eigenvalue weighted by Gasteiger charge is 2.24. The lowest BCUT2D eigenvalue weighted by Crippen LogP contribution is -2.42. The number of amides is 1. The molecule has 0 fully saturated rings. The van der Waals surface area contributed by atoms with Gasteiger partial charge in [-0.3, -0.25) is 4.79 Å². The zero-order chi connectivity index (χ0) is 32.8. The van der Waals surface area contributed by atoms with Gasteiger partial charge in [0.25, 0.3) is 5.91 Å². The maximum atomic E-state index is 15.2. The molecular formula is C37H36FN3O4S. The Labute approximate surface area is 272 Å². The van der Waals surface area contributed by atoms with Gasteiger partial charge in [-0.15, -0.1) is 11.3 Å². The predicted molar refractivity (Wildman–Crippen MR) is 180 cm³/mol. The second-order valence-electron chi connectivity index (χ2n) is 12.0. The number of carboxylic acids is 1. The Hall–Kier alpha value is -4.89. The fourth-order valence-electron chi connectivity index (χ4n) is 4.83. The highest BCUT2D eigenvalue weighted by molar-refractivity contribution is 7.14. The number of rotatable bonds is 11. The maximum Gasteiger partial charge on any atom is 0.326 e. The van der Waals surface area contributed by atoms with E-state index in [0.717, 1.165) is 39.3 Å². The highest BCUT2D eigenvalue weighted by Crippen LogP contribution is 2.31. The van der Waals surface area contributed by atoms with Gasteiger partial charge in [0.1, 0.15) is 17.6 Å². The third-order valence-electron chi connectivity index (χ3n) is 7.42. The monoisotopic (exact) mass is 637 g/mol. The summed E-state index contributed by atoms with van der Waals surface area (Å²) < 4.78 is 20.8. The molecule has 0 unspecified atom stereocenters. The molecule has 2 N–H and O–H groups in total. The second kappa shape index (κ2) is 14.0. The molecule has 1 atom stereocenters. The van der Waals surface area contributed by atoms with Crippen molar-refractivity contribution >= 4 is 23.2 Å². The first kappa shape index (κ1) is 32.5. The molecule has 0 bridgehead atoms. The summed E-state index contributed by atoms with van der Waals surface area (Å²) in [5.74, 6) is -0.659. The molecule has 236 valence electrons. The van der Waals surface area contributed by atoms with E-state index in [1.54, 1.807) is 48.8 Å². The fraction of sp³-hybridized carbons (Fsp3) is 0.243. The third-order valence-corrected chi connectivity index (χ3v) is 8.93. The minimum atomic E-state index is -1.11. The zero-order valence-electron chi connectivity index (χ0n) is 26.2. The SMILES string of the molecule is CCCOc1ccc(-c2ccc(-c3cnc(-c4ccc(C[C@H](NC(=O)c5ccc(C(C)(C)C)s5)C(=O)O)cc4)nc3)c(F)c2)cc1. The van der Waals surface area contributed by atoms with E-state index in [-0.39, 0.29) is 17.7 Å². The fourth-order valence-corrected chi connectivity index (χ4v) is 5.79. The molecule has 0 aliphatic carbocycles. The predicted octanol–water partition coefficient (Wildman–Crippen LogP) is 8.19. The molecule has 1 amide bonds. The molecule has 0 aliphatic rings. The van der Waals surface area contributed by atoms with E-state index in [9.17, 15) is 14.7 Å². The average molecular weight is 638 g/mol. The number of aromatic nitrogens is 2. The van der Waals surface area contributed by atoms with Crippen molar-refractivity contribution in [1.82, 2.24) is 15.3 Å². The second-order valence-corrected chi connectivity index (χ2v) is 13.1. The number of ether oxygens (including phenoxy) is 1. The number of benzene rings is 3. The number of hydrogen-bond acceptors (Lipinski definition) is 6. The Bertz CT molecular complexity index is 1810. The molecule has 5 rings (SSSR count). The number of halogens is 1. The van der Waals surface area contributed by atoms with Crippen LogP contribution in [0.25, 0.3) is 33.6 Å². The molecule has 0 aliphatic heterocycles. The molecule has 7 nitrogen and oxygen atoms in total. The van der Waals surface area contributed by atoms with Gasteiger partial charge < -0.3 is 15.2 Å². The molecule has 0 saturated carbocycles. The van der Waals surface area contributed by atoms with Gasteiger partial charge in [0.15, 0.2) is 5.82 Å². The van der Waals surface area contributed by atoms with Crippen molar-refractivity contribution in [2.24, 2.45) is 0 Å². The van der Waals surface area contributed by atoms with Gasteiger partial charge in [0.2, 0.25) is 0 Å². The first-order valence-corrected chi connectivity index (χ1v) is 15.9. The van der Waals surface area contributed by atoms with E-state index >= 15 is 4.39 Å². The van der Waals surface area contributed by atoms with Crippen LogP contribution in [-0.2, 0) is 16.6 Å². The Morgan fingerprint density at radius 1 is 0.891 bits per heavy atom. The number of aliphatic carboxylic acids is 1. The molecule has 0 radical (unpaired) electrons. The normalized spacial score (nSPS) is 12.0. The van der Waals surface area contributed by atoms with Gasteiger partial charge in [-0.05, 0) is 58.9 Å². The van der Waals surface area contributed by atoms with E-state index in [1.165, 1.54) is 17.4 Å². The summed E-state index contributed by atoms with van der Waals surface area (Å²) in [5.41, 5.74) is 3.95. The van der Waals surface area contributed by atoms with E-state index < -0.39 is 17.9 Å². The third kappa shape index (κ3) is 7.84. The highest BCUT2D eigenvalue weighted by atomic mass is 32.1. The van der Waals surface area contributed by atoms with Crippen molar-refractivity contribution in [3.63, 3.8) is 0 Å². The van der Waals surface area contributed by atoms with Crippen LogP contribution in [0.5, 0.6) is 5.75 Å². The van der Waals surface area contributed by atoms with E-state index in [4.69, 9.17) is 4.74 Å². The molecular weight excluding hydrogens is 601 g/mol. The lowest BCUT2D eigenvalue weighted by molar-refractivity contribution is -0.139. The molecule has 2 aromatic heterocycles. The van der Waals surface area contributed by atoms with Gasteiger partial charge >= 0.3 is 5.97 Å². The van der Waals surface area contributed by atoms with Crippen LogP contribution >= 0.6 is 11.3 Å². The average Bonchev–Trinajstić information content (AvgIpc) is 3.56. The number of carbonyl (C=O) groups excluding carboxylic acids is 1. The zero-order valence-corrected chi connectivity index (χ0v) is 27.0. The van der Waals surface area contributed by atoms with Gasteiger partial charge in [0, 0.05) is 40.4 Å². The van der Waals surface area contributed by atoms with Crippen LogP contribution in [0.4, 0.5) is 4.39 Å². The van der Waals surface area contributed by atoms with E-state index in [2.05, 4.69) is 43.0 Å². The van der Waals surface area contributed by atoms with Crippen molar-refractivity contribution in [1.29, 1.82) is 0 Å². The van der Waals surface area contributed by atoms with Crippen LogP contribution in [0.3, 0.4) is 0 Å². The maximum absolute atomic E-state index is 15.2. The van der Waals surface area contributed by atoms with Crippen LogP contribution in [-0.4, -0.2) is 39.6 Å². The van der Waals surface area contributed by atoms with Gasteiger partial charge in [0.05, 0.1) is 11.5 Å². The van der Waals surface area contributed by atoms with Crippen LogP contribution in [0, 0.1) is 5.82 Å². The summed E-state index contributed by atoms with van der Waals surface area (Å²) >= 11 is 1.37. The van der Waals surface area contributed by atoms with Gasteiger partial charge in [-0.1, -0.05) is 76.2 Å². The van der Waals surface area contributed by atoms with Crippen LogP contribution in [0.15, 0.2) is 91.3 Å². The van der Waals surface area contributed by atoms with Gasteiger partial charge in [-0.2, -0.15) is 0 Å². The van der Waals surface area contributed by atoms with Crippen molar-refractivity contribution < 1.29 is 23.8 Å². The Morgan fingerprint density at radius 2 is 1.54 bits per heavy atom. The van der Waals surface area contributed by atoms with Gasteiger partial charge in [-0.25, -0.2) is 19.2 Å². The molecule has 0 saturated heterocycles. The molecule has 2 heterocycles.